The molecule has 0 saturated carbocycles. The van der Waals surface area contributed by atoms with Gasteiger partial charge in [0.05, 0.1) is 16.7 Å². The van der Waals surface area contributed by atoms with Gasteiger partial charge < -0.3 is 5.32 Å². The lowest BCUT2D eigenvalue weighted by Crippen LogP contribution is -2.10. The van der Waals surface area contributed by atoms with E-state index in [1.165, 1.54) is 12.1 Å². The van der Waals surface area contributed by atoms with E-state index in [9.17, 15) is 8.78 Å². The minimum atomic E-state index is -0.582. The Balaban J connectivity index is 2.24. The fourth-order valence-electron chi connectivity index (χ4n) is 2.08. The Hall–Kier alpha value is -1.49. The zero-order valence-corrected chi connectivity index (χ0v) is 13.7. The van der Waals surface area contributed by atoms with Crippen LogP contribution in [0.15, 0.2) is 18.2 Å². The number of nitrogens with zero attached hydrogens (tertiary/aromatic N) is 1. The molecular weight excluding hydrogens is 290 g/mol. The van der Waals surface area contributed by atoms with Gasteiger partial charge in [0, 0.05) is 22.0 Å². The second-order valence-corrected chi connectivity index (χ2v) is 7.27. The number of hydrogen-bond donors (Lipinski definition) is 1. The summed E-state index contributed by atoms with van der Waals surface area (Å²) >= 11 is 1.64. The average Bonchev–Trinajstić information content (AvgIpc) is 2.69. The number of aryl methyl sites for hydroxylation is 1. The van der Waals surface area contributed by atoms with Gasteiger partial charge in [-0.3, -0.25) is 0 Å². The lowest BCUT2D eigenvalue weighted by atomic mass is 9.98. The minimum Gasteiger partial charge on any atom is -0.377 e. The maximum Gasteiger partial charge on any atom is 0.128 e. The van der Waals surface area contributed by atoms with Crippen LogP contribution in [0.2, 0.25) is 0 Å². The fourth-order valence-corrected chi connectivity index (χ4v) is 3.21. The van der Waals surface area contributed by atoms with Gasteiger partial charge in [-0.05, 0) is 26.0 Å². The Morgan fingerprint density at radius 3 is 2.19 bits per heavy atom. The van der Waals surface area contributed by atoms with Gasteiger partial charge in [0.1, 0.15) is 11.6 Å². The number of thiazole rings is 1. The van der Waals surface area contributed by atoms with E-state index in [0.29, 0.717) is 5.69 Å². The second-order valence-electron chi connectivity index (χ2n) is 6.24. The predicted molar refractivity (Wildman–Crippen MR) is 83.9 cm³/mol. The molecule has 1 unspecified atom stereocenters. The highest BCUT2D eigenvalue weighted by atomic mass is 32.1. The molecule has 1 heterocycles. The number of anilines is 1. The molecule has 1 aromatic carbocycles. The Bertz CT molecular complexity index is 624. The van der Waals surface area contributed by atoms with Crippen molar-refractivity contribution in [2.24, 2.45) is 0 Å². The lowest BCUT2D eigenvalue weighted by Gasteiger charge is -2.15. The summed E-state index contributed by atoms with van der Waals surface area (Å²) in [4.78, 5) is 5.70. The highest BCUT2D eigenvalue weighted by molar-refractivity contribution is 7.12. The second kappa shape index (κ2) is 5.72. The van der Waals surface area contributed by atoms with Gasteiger partial charge in [-0.15, -0.1) is 11.3 Å². The molecule has 1 atom stereocenters. The van der Waals surface area contributed by atoms with Crippen molar-refractivity contribution in [3.05, 3.63) is 45.4 Å². The zero-order valence-electron chi connectivity index (χ0n) is 12.9. The van der Waals surface area contributed by atoms with Gasteiger partial charge in [-0.1, -0.05) is 20.8 Å². The van der Waals surface area contributed by atoms with E-state index in [2.05, 4.69) is 31.1 Å². The molecule has 1 aromatic heterocycles. The maximum absolute atomic E-state index is 13.2. The molecule has 1 N–H and O–H groups in total. The van der Waals surface area contributed by atoms with Gasteiger partial charge >= 0.3 is 0 Å². The molecule has 0 aliphatic carbocycles. The molecule has 0 aliphatic rings. The highest BCUT2D eigenvalue weighted by Gasteiger charge is 2.22. The fraction of sp³-hybridized carbons (Fsp3) is 0.438. The van der Waals surface area contributed by atoms with Crippen LogP contribution in [-0.4, -0.2) is 4.98 Å². The highest BCUT2D eigenvalue weighted by Crippen LogP contribution is 2.33. The summed E-state index contributed by atoms with van der Waals surface area (Å²) < 4.78 is 26.5. The number of aromatic nitrogens is 1. The summed E-state index contributed by atoms with van der Waals surface area (Å²) in [5.74, 6) is -1.16. The van der Waals surface area contributed by atoms with Crippen LogP contribution in [0.3, 0.4) is 0 Å². The molecule has 0 spiro atoms. The first kappa shape index (κ1) is 15.9. The topological polar surface area (TPSA) is 24.9 Å². The zero-order chi connectivity index (χ0) is 15.8. The molecule has 114 valence electrons. The smallest absolute Gasteiger partial charge is 0.128 e. The molecule has 21 heavy (non-hydrogen) atoms. The number of hydrogen-bond acceptors (Lipinski definition) is 3. The van der Waals surface area contributed by atoms with E-state index in [1.807, 2.05) is 13.8 Å². The monoisotopic (exact) mass is 310 g/mol. The first-order valence-electron chi connectivity index (χ1n) is 6.87. The third kappa shape index (κ3) is 3.79. The molecule has 0 amide bonds. The molecule has 2 aromatic rings. The van der Waals surface area contributed by atoms with E-state index < -0.39 is 11.6 Å². The molecule has 0 saturated heterocycles. The standard InChI is InChI=1S/C16H20F2N2S/c1-9(19-13-7-11(17)6-12(18)8-13)14-10(2)20-15(21-14)16(3,4)5/h6-9,19H,1-5H3. The van der Waals surface area contributed by atoms with E-state index in [1.54, 1.807) is 11.3 Å². The average molecular weight is 310 g/mol. The van der Waals surface area contributed by atoms with Crippen LogP contribution in [0, 0.1) is 18.6 Å². The quantitative estimate of drug-likeness (QED) is 0.842. The summed E-state index contributed by atoms with van der Waals surface area (Å²) in [6.45, 7) is 10.3. The Morgan fingerprint density at radius 2 is 1.71 bits per heavy atom. The largest absolute Gasteiger partial charge is 0.377 e. The number of rotatable bonds is 3. The van der Waals surface area contributed by atoms with Gasteiger partial charge in [0.2, 0.25) is 0 Å². The Labute approximate surface area is 128 Å². The minimum absolute atomic E-state index is 0.00163. The summed E-state index contributed by atoms with van der Waals surface area (Å²) in [5.41, 5.74) is 1.39. The number of benzene rings is 1. The van der Waals surface area contributed by atoms with Crippen LogP contribution in [0.25, 0.3) is 0 Å². The summed E-state index contributed by atoms with van der Waals surface area (Å²) in [6, 6.07) is 3.40. The normalized spacial score (nSPS) is 13.3. The molecular formula is C16H20F2N2S. The SMILES string of the molecule is Cc1nc(C(C)(C)C)sc1C(C)Nc1cc(F)cc(F)c1. The third-order valence-corrected chi connectivity index (χ3v) is 4.88. The number of nitrogens with one attached hydrogen (secondary N) is 1. The summed E-state index contributed by atoms with van der Waals surface area (Å²) in [7, 11) is 0. The van der Waals surface area contributed by atoms with Crippen molar-refractivity contribution in [2.75, 3.05) is 5.32 Å². The van der Waals surface area contributed by atoms with Crippen molar-refractivity contribution in [1.82, 2.24) is 4.98 Å². The van der Waals surface area contributed by atoms with Gasteiger partial charge in [0.15, 0.2) is 0 Å². The molecule has 0 bridgehead atoms. The van der Waals surface area contributed by atoms with Crippen molar-refractivity contribution in [1.29, 1.82) is 0 Å². The van der Waals surface area contributed by atoms with Crippen molar-refractivity contribution in [3.63, 3.8) is 0 Å². The van der Waals surface area contributed by atoms with Crippen molar-refractivity contribution < 1.29 is 8.78 Å². The van der Waals surface area contributed by atoms with Crippen LogP contribution >= 0.6 is 11.3 Å². The first-order chi connectivity index (χ1) is 9.66. The van der Waals surface area contributed by atoms with E-state index in [-0.39, 0.29) is 11.5 Å². The third-order valence-electron chi connectivity index (χ3n) is 3.11. The molecule has 0 radical (unpaired) electrons. The van der Waals surface area contributed by atoms with Crippen molar-refractivity contribution >= 4 is 17.0 Å². The van der Waals surface area contributed by atoms with Crippen molar-refractivity contribution in [3.8, 4) is 0 Å². The molecule has 5 heteroatoms. The van der Waals surface area contributed by atoms with Gasteiger partial charge in [-0.25, -0.2) is 13.8 Å². The maximum atomic E-state index is 13.2. The van der Waals surface area contributed by atoms with Crippen LogP contribution in [0.5, 0.6) is 0 Å². The van der Waals surface area contributed by atoms with Gasteiger partial charge in [0.25, 0.3) is 0 Å². The molecule has 0 fully saturated rings. The van der Waals surface area contributed by atoms with Crippen LogP contribution in [-0.2, 0) is 5.41 Å². The van der Waals surface area contributed by atoms with E-state index in [4.69, 9.17) is 0 Å². The predicted octanol–water partition coefficient (Wildman–Crippen LogP) is 5.20. The first-order valence-corrected chi connectivity index (χ1v) is 7.69. The van der Waals surface area contributed by atoms with Crippen LogP contribution in [0.1, 0.15) is 49.3 Å². The summed E-state index contributed by atoms with van der Waals surface area (Å²) in [5, 5.41) is 4.20. The Kier molecular flexibility index (Phi) is 4.33. The van der Waals surface area contributed by atoms with E-state index >= 15 is 0 Å². The van der Waals surface area contributed by atoms with Gasteiger partial charge in [-0.2, -0.15) is 0 Å². The lowest BCUT2D eigenvalue weighted by molar-refractivity contribution is 0.583. The molecule has 0 aliphatic heterocycles. The Morgan fingerprint density at radius 1 is 1.14 bits per heavy atom. The molecule has 2 rings (SSSR count). The van der Waals surface area contributed by atoms with Crippen LogP contribution < -0.4 is 5.32 Å². The van der Waals surface area contributed by atoms with E-state index in [0.717, 1.165) is 21.6 Å². The van der Waals surface area contributed by atoms with Crippen LogP contribution in [0.4, 0.5) is 14.5 Å². The molecule has 2 nitrogen and oxygen atoms in total. The number of halogens is 2. The summed E-state index contributed by atoms with van der Waals surface area (Å²) in [6.07, 6.45) is 0. The van der Waals surface area contributed by atoms with Crippen molar-refractivity contribution in [2.45, 2.75) is 46.1 Å².